The molecule has 0 spiro atoms. The van der Waals surface area contributed by atoms with E-state index in [4.69, 9.17) is 11.6 Å². The number of halogens is 1. The Morgan fingerprint density at radius 1 is 1.27 bits per heavy atom. The number of carbonyl (C=O) groups excluding carboxylic acids is 1. The summed E-state index contributed by atoms with van der Waals surface area (Å²) in [6.45, 7) is 5.27. The number of anilines is 2. The van der Waals surface area contributed by atoms with Crippen LogP contribution in [0.3, 0.4) is 0 Å². The Bertz CT molecular complexity index is 764. The lowest BCUT2D eigenvalue weighted by Gasteiger charge is -2.33. The van der Waals surface area contributed by atoms with Crippen molar-refractivity contribution < 1.29 is 4.79 Å². The van der Waals surface area contributed by atoms with Gasteiger partial charge in [-0.1, -0.05) is 0 Å². The number of aromatic nitrogens is 4. The van der Waals surface area contributed by atoms with Gasteiger partial charge in [0.05, 0.1) is 5.69 Å². The Hall–Kier alpha value is -2.28. The summed E-state index contributed by atoms with van der Waals surface area (Å²) in [5.41, 5.74) is 2.63. The second-order valence-corrected chi connectivity index (χ2v) is 6.89. The number of hydrogen-bond acceptors (Lipinski definition) is 6. The molecule has 1 saturated heterocycles. The summed E-state index contributed by atoms with van der Waals surface area (Å²) >= 11 is 5.72. The van der Waals surface area contributed by atoms with Crippen LogP contribution in [-0.4, -0.2) is 49.7 Å². The molecule has 0 bridgehead atoms. The number of alkyl halides is 1. The lowest BCUT2D eigenvalue weighted by molar-refractivity contribution is -0.132. The maximum Gasteiger partial charge on any atom is 0.228 e. The first-order valence-electron chi connectivity index (χ1n) is 8.80. The van der Waals surface area contributed by atoms with Gasteiger partial charge in [-0.2, -0.15) is 0 Å². The topological polar surface area (TPSA) is 83.9 Å². The van der Waals surface area contributed by atoms with Gasteiger partial charge in [-0.05, 0) is 32.8 Å². The highest BCUT2D eigenvalue weighted by Gasteiger charge is 2.27. The van der Waals surface area contributed by atoms with E-state index in [9.17, 15) is 4.79 Å². The Kier molecular flexibility index (Phi) is 5.98. The zero-order valence-corrected chi connectivity index (χ0v) is 15.8. The molecule has 1 amide bonds. The van der Waals surface area contributed by atoms with Crippen LogP contribution in [0, 0.1) is 13.8 Å². The molecule has 3 rings (SSSR count). The van der Waals surface area contributed by atoms with Crippen LogP contribution < -0.4 is 5.32 Å². The molecule has 26 heavy (non-hydrogen) atoms. The molecular formula is C18H23ClN6O. The summed E-state index contributed by atoms with van der Waals surface area (Å²) in [6, 6.07) is 1.92. The van der Waals surface area contributed by atoms with Crippen LogP contribution in [-0.2, 0) is 4.79 Å². The summed E-state index contributed by atoms with van der Waals surface area (Å²) in [6.07, 6.45) is 5.60. The van der Waals surface area contributed by atoms with E-state index in [0.717, 1.165) is 36.5 Å². The molecule has 0 saturated carbocycles. The first kappa shape index (κ1) is 18.5. The Morgan fingerprint density at radius 3 is 2.73 bits per heavy atom. The maximum absolute atomic E-state index is 12.2. The van der Waals surface area contributed by atoms with Crippen LogP contribution in [0.15, 0.2) is 18.5 Å². The molecule has 1 unspecified atom stereocenters. The van der Waals surface area contributed by atoms with Crippen LogP contribution >= 0.6 is 11.6 Å². The van der Waals surface area contributed by atoms with Crippen LogP contribution in [0.25, 0.3) is 0 Å². The predicted molar refractivity (Wildman–Crippen MR) is 101 cm³/mol. The second kappa shape index (κ2) is 8.40. The van der Waals surface area contributed by atoms with Gasteiger partial charge in [0, 0.05) is 55.1 Å². The molecule has 2 aromatic rings. The number of nitrogens with zero attached hydrogens (tertiary/aromatic N) is 5. The average molecular weight is 375 g/mol. The Morgan fingerprint density at radius 2 is 2.00 bits per heavy atom. The van der Waals surface area contributed by atoms with E-state index in [1.54, 1.807) is 12.4 Å². The fourth-order valence-corrected chi connectivity index (χ4v) is 3.46. The third kappa shape index (κ3) is 4.46. The van der Waals surface area contributed by atoms with Crippen molar-refractivity contribution in [2.24, 2.45) is 0 Å². The molecule has 1 atom stereocenters. The fraction of sp³-hybridized carbons (Fsp3) is 0.500. The van der Waals surface area contributed by atoms with Crippen molar-refractivity contribution in [1.29, 1.82) is 0 Å². The molecule has 138 valence electrons. The van der Waals surface area contributed by atoms with E-state index in [1.807, 2.05) is 24.8 Å². The molecule has 0 aromatic carbocycles. The third-order valence-corrected chi connectivity index (χ3v) is 4.60. The number of amides is 1. The molecule has 0 radical (unpaired) electrons. The van der Waals surface area contributed by atoms with E-state index >= 15 is 0 Å². The SMILES string of the molecule is Cc1cc(C)nc(Nc2nccnc2C2CCCN(C(=O)CCCl)C2)n1. The van der Waals surface area contributed by atoms with Crippen molar-refractivity contribution >= 4 is 29.3 Å². The number of nitrogens with one attached hydrogen (secondary N) is 1. The minimum Gasteiger partial charge on any atom is -0.342 e. The lowest BCUT2D eigenvalue weighted by atomic mass is 9.94. The summed E-state index contributed by atoms with van der Waals surface area (Å²) in [4.78, 5) is 31.9. The summed E-state index contributed by atoms with van der Waals surface area (Å²) in [5.74, 6) is 1.73. The van der Waals surface area contributed by atoms with Crippen LogP contribution in [0.4, 0.5) is 11.8 Å². The monoisotopic (exact) mass is 374 g/mol. The minimum atomic E-state index is 0.0979. The highest BCUT2D eigenvalue weighted by molar-refractivity contribution is 6.18. The van der Waals surface area contributed by atoms with Crippen molar-refractivity contribution in [1.82, 2.24) is 24.8 Å². The first-order valence-corrected chi connectivity index (χ1v) is 9.34. The smallest absolute Gasteiger partial charge is 0.228 e. The van der Waals surface area contributed by atoms with Gasteiger partial charge >= 0.3 is 0 Å². The highest BCUT2D eigenvalue weighted by Crippen LogP contribution is 2.30. The van der Waals surface area contributed by atoms with E-state index in [-0.39, 0.29) is 11.8 Å². The first-order chi connectivity index (χ1) is 12.6. The van der Waals surface area contributed by atoms with Gasteiger partial charge < -0.3 is 10.2 Å². The minimum absolute atomic E-state index is 0.0979. The Labute approximate surface area is 158 Å². The zero-order valence-electron chi connectivity index (χ0n) is 15.1. The van der Waals surface area contributed by atoms with Gasteiger partial charge in [-0.3, -0.25) is 9.78 Å². The fourth-order valence-electron chi connectivity index (χ4n) is 3.30. The van der Waals surface area contributed by atoms with E-state index in [0.29, 0.717) is 30.6 Å². The van der Waals surface area contributed by atoms with Gasteiger partial charge in [0.15, 0.2) is 5.82 Å². The van der Waals surface area contributed by atoms with Crippen molar-refractivity contribution in [2.75, 3.05) is 24.3 Å². The molecule has 7 nitrogen and oxygen atoms in total. The van der Waals surface area contributed by atoms with Gasteiger partial charge in [0.2, 0.25) is 11.9 Å². The summed E-state index contributed by atoms with van der Waals surface area (Å²) in [7, 11) is 0. The van der Waals surface area contributed by atoms with E-state index in [1.165, 1.54) is 0 Å². The van der Waals surface area contributed by atoms with Crippen molar-refractivity contribution in [3.05, 3.63) is 35.5 Å². The number of carbonyl (C=O) groups is 1. The molecule has 1 N–H and O–H groups in total. The van der Waals surface area contributed by atoms with Crippen molar-refractivity contribution in [3.8, 4) is 0 Å². The van der Waals surface area contributed by atoms with Crippen molar-refractivity contribution in [2.45, 2.75) is 39.0 Å². The summed E-state index contributed by atoms with van der Waals surface area (Å²) < 4.78 is 0. The molecule has 1 aliphatic rings. The molecular weight excluding hydrogens is 352 g/mol. The largest absolute Gasteiger partial charge is 0.342 e. The molecule has 1 aliphatic heterocycles. The van der Waals surface area contributed by atoms with Gasteiger partial charge in [0.25, 0.3) is 0 Å². The molecule has 0 aliphatic carbocycles. The third-order valence-electron chi connectivity index (χ3n) is 4.41. The normalized spacial score (nSPS) is 17.2. The van der Waals surface area contributed by atoms with Crippen LogP contribution in [0.5, 0.6) is 0 Å². The quantitative estimate of drug-likeness (QED) is 0.810. The number of aryl methyl sites for hydroxylation is 2. The van der Waals surface area contributed by atoms with E-state index < -0.39 is 0 Å². The standard InChI is InChI=1S/C18H23ClN6O/c1-12-10-13(2)23-18(22-12)24-17-16(20-7-8-21-17)14-4-3-9-25(11-14)15(26)5-6-19/h7-8,10,14H,3-6,9,11H2,1-2H3,(H,21,22,23,24). The molecule has 2 aromatic heterocycles. The molecule has 3 heterocycles. The zero-order chi connectivity index (χ0) is 18.5. The van der Waals surface area contributed by atoms with Gasteiger partial charge in [-0.15, -0.1) is 11.6 Å². The second-order valence-electron chi connectivity index (χ2n) is 6.51. The number of likely N-dealkylation sites (tertiary alicyclic amines) is 1. The van der Waals surface area contributed by atoms with E-state index in [2.05, 4.69) is 25.3 Å². The van der Waals surface area contributed by atoms with Crippen molar-refractivity contribution in [3.63, 3.8) is 0 Å². The average Bonchev–Trinajstić information content (AvgIpc) is 2.62. The number of rotatable bonds is 5. The molecule has 8 heteroatoms. The highest BCUT2D eigenvalue weighted by atomic mass is 35.5. The summed E-state index contributed by atoms with van der Waals surface area (Å²) in [5, 5.41) is 3.20. The van der Waals surface area contributed by atoms with Crippen LogP contribution in [0.1, 0.15) is 42.3 Å². The predicted octanol–water partition coefficient (Wildman–Crippen LogP) is 2.96. The Balaban J connectivity index is 1.81. The molecule has 1 fully saturated rings. The number of hydrogen-bond donors (Lipinski definition) is 1. The lowest BCUT2D eigenvalue weighted by Crippen LogP contribution is -2.39. The maximum atomic E-state index is 12.2. The van der Waals surface area contributed by atoms with Crippen LogP contribution in [0.2, 0.25) is 0 Å². The number of piperidine rings is 1. The van der Waals surface area contributed by atoms with Gasteiger partial charge in [0.1, 0.15) is 0 Å². The van der Waals surface area contributed by atoms with Gasteiger partial charge in [-0.25, -0.2) is 15.0 Å².